The third-order valence-corrected chi connectivity index (χ3v) is 5.87. The van der Waals surface area contributed by atoms with Gasteiger partial charge in [0.1, 0.15) is 5.78 Å². The van der Waals surface area contributed by atoms with E-state index in [0.29, 0.717) is 18.7 Å². The molecule has 0 radical (unpaired) electrons. The maximum absolute atomic E-state index is 12.1. The highest BCUT2D eigenvalue weighted by molar-refractivity contribution is 6.78. The molecule has 2 rings (SSSR count). The van der Waals surface area contributed by atoms with E-state index in [-0.39, 0.29) is 5.92 Å². The fraction of sp³-hybridized carbons (Fsp3) is 0.579. The smallest absolute Gasteiger partial charge is 0.307 e. The lowest BCUT2D eigenvalue weighted by atomic mass is 9.97. The van der Waals surface area contributed by atoms with Crippen molar-refractivity contribution in [3.8, 4) is 0 Å². The molecule has 1 aromatic rings. The molecule has 1 aromatic carbocycles. The van der Waals surface area contributed by atoms with E-state index >= 15 is 0 Å². The Balaban J connectivity index is 1.88. The Morgan fingerprint density at radius 3 is 2.38 bits per heavy atom. The molecule has 1 N–H and O–H groups in total. The van der Waals surface area contributed by atoms with E-state index in [0.717, 1.165) is 37.5 Å². The predicted molar refractivity (Wildman–Crippen MR) is 98.9 cm³/mol. The van der Waals surface area contributed by atoms with Crippen LogP contribution >= 0.6 is 0 Å². The lowest BCUT2D eigenvalue weighted by molar-refractivity contribution is -0.143. The number of carboxylic acids is 1. The van der Waals surface area contributed by atoms with Crippen LogP contribution in [0.3, 0.4) is 0 Å². The van der Waals surface area contributed by atoms with Crippen molar-refractivity contribution in [1.82, 2.24) is 4.90 Å². The predicted octanol–water partition coefficient (Wildman–Crippen LogP) is 3.43. The van der Waals surface area contributed by atoms with Crippen LogP contribution in [0, 0.1) is 5.92 Å². The summed E-state index contributed by atoms with van der Waals surface area (Å²) in [6.45, 7) is 9.03. The molecule has 132 valence electrons. The lowest BCUT2D eigenvalue weighted by Gasteiger charge is -2.30. The first-order valence-corrected chi connectivity index (χ1v) is 12.5. The second kappa shape index (κ2) is 8.08. The molecule has 0 bridgehead atoms. The second-order valence-corrected chi connectivity index (χ2v) is 13.7. The fourth-order valence-corrected chi connectivity index (χ4v) is 4.61. The highest BCUT2D eigenvalue weighted by Gasteiger charge is 2.25. The van der Waals surface area contributed by atoms with E-state index in [1.165, 1.54) is 5.56 Å². The average molecular weight is 348 g/mol. The van der Waals surface area contributed by atoms with Gasteiger partial charge >= 0.3 is 5.97 Å². The summed E-state index contributed by atoms with van der Waals surface area (Å²) < 4.78 is 0. The summed E-state index contributed by atoms with van der Waals surface area (Å²) in [7, 11) is -1.33. The van der Waals surface area contributed by atoms with Crippen molar-refractivity contribution in [1.29, 1.82) is 0 Å². The molecule has 0 aromatic heterocycles. The van der Waals surface area contributed by atoms with Crippen LogP contribution in [0.5, 0.6) is 0 Å². The maximum Gasteiger partial charge on any atom is 0.307 e. The van der Waals surface area contributed by atoms with Gasteiger partial charge in [-0.05, 0) is 30.5 Å². The minimum atomic E-state index is -1.33. The zero-order chi connectivity index (χ0) is 17.7. The summed E-state index contributed by atoms with van der Waals surface area (Å²) >= 11 is 0. The Morgan fingerprint density at radius 2 is 1.79 bits per heavy atom. The average Bonchev–Trinajstić information content (AvgIpc) is 2.47. The Bertz CT molecular complexity index is 577. The second-order valence-electron chi connectivity index (χ2n) is 8.18. The zero-order valence-corrected chi connectivity index (χ0v) is 16.0. The van der Waals surface area contributed by atoms with Crippen LogP contribution in [0.2, 0.25) is 25.7 Å². The summed E-state index contributed by atoms with van der Waals surface area (Å²) in [5, 5.41) is 9.17. The van der Waals surface area contributed by atoms with Gasteiger partial charge in [-0.15, -0.1) is 0 Å². The van der Waals surface area contributed by atoms with E-state index in [9.17, 15) is 9.59 Å². The first-order chi connectivity index (χ1) is 11.2. The molecule has 1 unspecified atom stereocenters. The molecule has 1 aliphatic heterocycles. The van der Waals surface area contributed by atoms with Crippen molar-refractivity contribution in [3.63, 3.8) is 0 Å². The molecular formula is C19H29NO3Si. The highest BCUT2D eigenvalue weighted by Crippen LogP contribution is 2.19. The summed E-state index contributed by atoms with van der Waals surface area (Å²) in [6.07, 6.45) is 2.25. The van der Waals surface area contributed by atoms with Crippen molar-refractivity contribution in [2.24, 2.45) is 5.92 Å². The number of carbonyl (C=O) groups is 2. The molecule has 0 amide bonds. The van der Waals surface area contributed by atoms with Crippen LogP contribution < -0.4 is 0 Å². The van der Waals surface area contributed by atoms with E-state index in [4.69, 9.17) is 5.11 Å². The third kappa shape index (κ3) is 6.21. The number of piperidine rings is 1. The van der Waals surface area contributed by atoms with Crippen molar-refractivity contribution in [2.75, 3.05) is 13.1 Å². The van der Waals surface area contributed by atoms with E-state index in [1.807, 2.05) is 12.1 Å². The van der Waals surface area contributed by atoms with Crippen LogP contribution in [-0.2, 0) is 22.6 Å². The molecule has 1 heterocycles. The molecule has 1 fully saturated rings. The van der Waals surface area contributed by atoms with Gasteiger partial charge < -0.3 is 5.11 Å². The first-order valence-electron chi connectivity index (χ1n) is 8.77. The van der Waals surface area contributed by atoms with Gasteiger partial charge in [-0.25, -0.2) is 0 Å². The number of carbonyl (C=O) groups excluding carboxylic acids is 1. The standard InChI is InChI=1S/C19H29NO3Si/c1-24(2,3)14-18(21)11-15-6-8-16(9-7-15)12-20-10-4-5-17(13-20)19(22)23/h6-9,17H,4-5,10-14H2,1-3H3,(H,22,23). The number of likely N-dealkylation sites (tertiary alicyclic amines) is 1. The van der Waals surface area contributed by atoms with Crippen molar-refractivity contribution in [2.45, 2.75) is 51.5 Å². The molecule has 1 atom stereocenters. The first kappa shape index (κ1) is 18.9. The topological polar surface area (TPSA) is 57.6 Å². The minimum absolute atomic E-state index is 0.239. The van der Waals surface area contributed by atoms with Crippen molar-refractivity contribution < 1.29 is 14.7 Å². The summed E-state index contributed by atoms with van der Waals surface area (Å²) in [4.78, 5) is 25.5. The van der Waals surface area contributed by atoms with E-state index < -0.39 is 14.0 Å². The SMILES string of the molecule is C[Si](C)(C)CC(=O)Cc1ccc(CN2CCCC(C(=O)O)C2)cc1. The van der Waals surface area contributed by atoms with Gasteiger partial charge in [0, 0.05) is 25.6 Å². The molecule has 4 nitrogen and oxygen atoms in total. The summed E-state index contributed by atoms with van der Waals surface area (Å²) in [6, 6.07) is 8.95. The number of ketones is 1. The van der Waals surface area contributed by atoms with Crippen LogP contribution in [0.4, 0.5) is 0 Å². The van der Waals surface area contributed by atoms with Gasteiger partial charge in [0.15, 0.2) is 0 Å². The molecule has 0 saturated carbocycles. The summed E-state index contributed by atoms with van der Waals surface area (Å²) in [5.41, 5.74) is 2.26. The molecule has 24 heavy (non-hydrogen) atoms. The number of hydrogen-bond donors (Lipinski definition) is 1. The van der Waals surface area contributed by atoms with Crippen molar-refractivity contribution >= 4 is 19.8 Å². The van der Waals surface area contributed by atoms with Crippen LogP contribution in [0.1, 0.15) is 24.0 Å². The number of nitrogens with zero attached hydrogens (tertiary/aromatic N) is 1. The number of aliphatic carboxylic acids is 1. The number of carboxylic acid groups (broad SMARTS) is 1. The number of rotatable bonds is 7. The third-order valence-electron chi connectivity index (χ3n) is 4.41. The molecular weight excluding hydrogens is 318 g/mol. The Labute approximate surface area is 145 Å². The van der Waals surface area contributed by atoms with Crippen LogP contribution in [0.25, 0.3) is 0 Å². The van der Waals surface area contributed by atoms with Gasteiger partial charge in [0.25, 0.3) is 0 Å². The molecule has 0 aliphatic carbocycles. The van der Waals surface area contributed by atoms with E-state index in [2.05, 4.69) is 36.7 Å². The molecule has 1 aliphatic rings. The molecule has 0 spiro atoms. The van der Waals surface area contributed by atoms with Gasteiger partial charge in [0.2, 0.25) is 0 Å². The minimum Gasteiger partial charge on any atom is -0.481 e. The Kier molecular flexibility index (Phi) is 6.35. The normalized spacial score (nSPS) is 19.2. The lowest BCUT2D eigenvalue weighted by Crippen LogP contribution is -2.38. The largest absolute Gasteiger partial charge is 0.481 e. The monoisotopic (exact) mass is 347 g/mol. The number of hydrogen-bond acceptors (Lipinski definition) is 3. The highest BCUT2D eigenvalue weighted by atomic mass is 28.3. The van der Waals surface area contributed by atoms with Gasteiger partial charge in [-0.3, -0.25) is 14.5 Å². The Morgan fingerprint density at radius 1 is 1.17 bits per heavy atom. The summed E-state index contributed by atoms with van der Waals surface area (Å²) in [5.74, 6) is -0.588. The fourth-order valence-electron chi connectivity index (χ4n) is 3.30. The van der Waals surface area contributed by atoms with Gasteiger partial charge in [-0.2, -0.15) is 0 Å². The Hall–Kier alpha value is -1.46. The number of benzene rings is 1. The molecule has 5 heteroatoms. The van der Waals surface area contributed by atoms with Crippen LogP contribution in [0.15, 0.2) is 24.3 Å². The van der Waals surface area contributed by atoms with Gasteiger partial charge in [0.05, 0.1) is 14.0 Å². The van der Waals surface area contributed by atoms with Gasteiger partial charge in [-0.1, -0.05) is 43.9 Å². The van der Waals surface area contributed by atoms with Crippen molar-refractivity contribution in [3.05, 3.63) is 35.4 Å². The quantitative estimate of drug-likeness (QED) is 0.768. The molecule has 1 saturated heterocycles. The maximum atomic E-state index is 12.1. The van der Waals surface area contributed by atoms with E-state index in [1.54, 1.807) is 0 Å². The number of Topliss-reactive ketones (excluding diaryl/α,β-unsaturated/α-hetero) is 1. The zero-order valence-electron chi connectivity index (χ0n) is 15.0. The van der Waals surface area contributed by atoms with Crippen LogP contribution in [-0.4, -0.2) is 42.9 Å².